The number of nitrogens with zero attached hydrogens (tertiary/aromatic N) is 6. The molecular formula is C28H23FN6O3. The molecule has 1 aliphatic heterocycles. The summed E-state index contributed by atoms with van der Waals surface area (Å²) in [4.78, 5) is 14.0. The Balaban J connectivity index is 1.42. The lowest BCUT2D eigenvalue weighted by atomic mass is 9.98. The van der Waals surface area contributed by atoms with E-state index in [-0.39, 0.29) is 12.4 Å². The molecule has 0 unspecified atom stereocenters. The highest BCUT2D eigenvalue weighted by atomic mass is 19.1. The average molecular weight is 511 g/mol. The summed E-state index contributed by atoms with van der Waals surface area (Å²) < 4.78 is 32.6. The molecule has 0 spiro atoms. The Hall–Kier alpha value is -4.86. The standard InChI is InChI=1S/C28H23FN6O3/c1-28(2)20-15-30-26(31-25(20)32-27(38-28)17-8-10-19(36-3)11-9-17)23-14-24(22-12-13-37-34-22)35(33-23)16-18-6-4-5-7-21(18)29/h4-15H,16H2,1-3H3. The van der Waals surface area contributed by atoms with E-state index in [0.717, 1.165) is 16.9 Å². The third-order valence-electron chi connectivity index (χ3n) is 6.30. The number of aliphatic imine (C=N–C) groups is 1. The Morgan fingerprint density at radius 1 is 1.03 bits per heavy atom. The lowest BCUT2D eigenvalue weighted by Crippen LogP contribution is -2.30. The summed E-state index contributed by atoms with van der Waals surface area (Å²) in [5.74, 6) is 1.73. The second-order valence-electron chi connectivity index (χ2n) is 9.24. The van der Waals surface area contributed by atoms with E-state index in [1.807, 2.05) is 38.1 Å². The fourth-order valence-electron chi connectivity index (χ4n) is 4.26. The largest absolute Gasteiger partial charge is 0.497 e. The van der Waals surface area contributed by atoms with Crippen LogP contribution >= 0.6 is 0 Å². The van der Waals surface area contributed by atoms with Crippen LogP contribution < -0.4 is 4.74 Å². The van der Waals surface area contributed by atoms with Gasteiger partial charge in [0.15, 0.2) is 11.6 Å². The molecule has 0 aliphatic carbocycles. The van der Waals surface area contributed by atoms with Crippen molar-refractivity contribution in [2.45, 2.75) is 26.0 Å². The summed E-state index contributed by atoms with van der Waals surface area (Å²) in [7, 11) is 1.62. The minimum atomic E-state index is -0.707. The van der Waals surface area contributed by atoms with Crippen molar-refractivity contribution in [1.82, 2.24) is 24.9 Å². The molecule has 2 aromatic carbocycles. The first kappa shape index (κ1) is 23.5. The first-order valence-corrected chi connectivity index (χ1v) is 11.9. The smallest absolute Gasteiger partial charge is 0.223 e. The SMILES string of the molecule is COc1ccc(C2=Nc3nc(-c4cc(-c5ccon5)n(Cc5ccccc5F)n4)ncc3C(C)(C)O2)cc1. The monoisotopic (exact) mass is 510 g/mol. The van der Waals surface area contributed by atoms with Crippen LogP contribution in [0.3, 0.4) is 0 Å². The van der Waals surface area contributed by atoms with Crippen molar-refractivity contribution in [2.24, 2.45) is 4.99 Å². The van der Waals surface area contributed by atoms with Gasteiger partial charge in [-0.3, -0.25) is 4.68 Å². The molecule has 3 aromatic heterocycles. The normalized spacial score (nSPS) is 13.9. The number of methoxy groups -OCH3 is 1. The molecule has 0 saturated carbocycles. The number of aromatic nitrogens is 5. The number of benzene rings is 2. The fraction of sp³-hybridized carbons (Fsp3) is 0.179. The van der Waals surface area contributed by atoms with E-state index < -0.39 is 5.60 Å². The average Bonchev–Trinajstić information content (AvgIpc) is 3.60. The maximum absolute atomic E-state index is 14.4. The number of halogens is 1. The Morgan fingerprint density at radius 3 is 2.58 bits per heavy atom. The lowest BCUT2D eigenvalue weighted by molar-refractivity contribution is 0.0904. The van der Waals surface area contributed by atoms with Crippen LogP contribution in [0.15, 0.2) is 82.6 Å². The molecule has 0 fully saturated rings. The fourth-order valence-corrected chi connectivity index (χ4v) is 4.26. The molecular weight excluding hydrogens is 487 g/mol. The quantitative estimate of drug-likeness (QED) is 0.296. The molecule has 38 heavy (non-hydrogen) atoms. The molecule has 0 bridgehead atoms. The zero-order valence-electron chi connectivity index (χ0n) is 20.9. The van der Waals surface area contributed by atoms with E-state index in [0.29, 0.717) is 40.2 Å². The summed E-state index contributed by atoms with van der Waals surface area (Å²) in [6, 6.07) is 17.6. The van der Waals surface area contributed by atoms with Crippen molar-refractivity contribution < 1.29 is 18.4 Å². The Bertz CT molecular complexity index is 1640. The summed E-state index contributed by atoms with van der Waals surface area (Å²) in [6.07, 6.45) is 3.18. The van der Waals surface area contributed by atoms with Crippen molar-refractivity contribution in [3.8, 4) is 28.7 Å². The molecule has 6 rings (SSSR count). The highest BCUT2D eigenvalue weighted by Crippen LogP contribution is 2.38. The van der Waals surface area contributed by atoms with Gasteiger partial charge >= 0.3 is 0 Å². The minimum Gasteiger partial charge on any atom is -0.497 e. The predicted octanol–water partition coefficient (Wildman–Crippen LogP) is 5.53. The molecule has 9 nitrogen and oxygen atoms in total. The van der Waals surface area contributed by atoms with Crippen molar-refractivity contribution in [3.63, 3.8) is 0 Å². The zero-order chi connectivity index (χ0) is 26.3. The van der Waals surface area contributed by atoms with Crippen LogP contribution in [-0.2, 0) is 16.9 Å². The topological polar surface area (TPSA) is 100 Å². The number of hydrogen-bond acceptors (Lipinski definition) is 8. The van der Waals surface area contributed by atoms with E-state index in [4.69, 9.17) is 29.1 Å². The second-order valence-corrected chi connectivity index (χ2v) is 9.24. The van der Waals surface area contributed by atoms with Crippen molar-refractivity contribution in [2.75, 3.05) is 7.11 Å². The van der Waals surface area contributed by atoms with Gasteiger partial charge in [-0.15, -0.1) is 0 Å². The maximum Gasteiger partial charge on any atom is 0.223 e. The summed E-state index contributed by atoms with van der Waals surface area (Å²) in [5.41, 5.74) is 3.03. The Labute approximate surface area is 217 Å². The summed E-state index contributed by atoms with van der Waals surface area (Å²) in [6.45, 7) is 4.08. The van der Waals surface area contributed by atoms with E-state index in [2.05, 4.69) is 10.1 Å². The van der Waals surface area contributed by atoms with Crippen LogP contribution in [0.5, 0.6) is 5.75 Å². The number of rotatable bonds is 6. The molecule has 5 aromatic rings. The van der Waals surface area contributed by atoms with Crippen molar-refractivity contribution in [1.29, 1.82) is 0 Å². The highest BCUT2D eigenvalue weighted by Gasteiger charge is 2.34. The van der Waals surface area contributed by atoms with Gasteiger partial charge in [-0.1, -0.05) is 23.4 Å². The van der Waals surface area contributed by atoms with Gasteiger partial charge in [-0.2, -0.15) is 10.1 Å². The zero-order valence-corrected chi connectivity index (χ0v) is 20.9. The lowest BCUT2D eigenvalue weighted by Gasteiger charge is -2.31. The molecule has 0 saturated heterocycles. The van der Waals surface area contributed by atoms with E-state index in [1.165, 1.54) is 12.3 Å². The number of hydrogen-bond donors (Lipinski definition) is 0. The highest BCUT2D eigenvalue weighted by molar-refractivity contribution is 5.97. The van der Waals surface area contributed by atoms with Crippen LogP contribution in [0.4, 0.5) is 10.2 Å². The molecule has 1 aliphatic rings. The minimum absolute atomic E-state index is 0.195. The third kappa shape index (κ3) is 4.30. The molecule has 0 N–H and O–H groups in total. The molecule has 0 atom stereocenters. The van der Waals surface area contributed by atoms with E-state index >= 15 is 0 Å². The van der Waals surface area contributed by atoms with E-state index in [1.54, 1.807) is 48.3 Å². The Kier molecular flexibility index (Phi) is 5.71. The predicted molar refractivity (Wildman–Crippen MR) is 138 cm³/mol. The van der Waals surface area contributed by atoms with Crippen LogP contribution in [0.25, 0.3) is 22.9 Å². The van der Waals surface area contributed by atoms with Crippen molar-refractivity contribution in [3.05, 3.63) is 95.6 Å². The van der Waals surface area contributed by atoms with Crippen molar-refractivity contribution >= 4 is 11.7 Å². The second kappa shape index (κ2) is 9.22. The van der Waals surface area contributed by atoms with Crippen LogP contribution in [0, 0.1) is 5.82 Å². The first-order valence-electron chi connectivity index (χ1n) is 11.9. The first-order chi connectivity index (χ1) is 18.4. The van der Waals surface area contributed by atoms with E-state index in [9.17, 15) is 4.39 Å². The van der Waals surface area contributed by atoms with Crippen LogP contribution in [0.2, 0.25) is 0 Å². The maximum atomic E-state index is 14.4. The van der Waals surface area contributed by atoms with Gasteiger partial charge in [0.05, 0.1) is 24.9 Å². The summed E-state index contributed by atoms with van der Waals surface area (Å²) in [5, 5.41) is 8.75. The Morgan fingerprint density at radius 2 is 1.84 bits per heavy atom. The van der Waals surface area contributed by atoms with Crippen LogP contribution in [-0.4, -0.2) is 37.9 Å². The molecule has 4 heterocycles. The van der Waals surface area contributed by atoms with Gasteiger partial charge in [0, 0.05) is 23.4 Å². The third-order valence-corrected chi connectivity index (χ3v) is 6.30. The van der Waals surface area contributed by atoms with Gasteiger partial charge in [0.2, 0.25) is 5.90 Å². The van der Waals surface area contributed by atoms with Gasteiger partial charge in [0.1, 0.15) is 34.8 Å². The molecule has 190 valence electrons. The number of fused-ring (bicyclic) bond motifs is 1. The van der Waals surface area contributed by atoms with Gasteiger partial charge in [-0.05, 0) is 50.2 Å². The molecule has 0 amide bonds. The van der Waals surface area contributed by atoms with Crippen LogP contribution in [0.1, 0.15) is 30.5 Å². The number of ether oxygens (including phenoxy) is 2. The molecule has 10 heteroatoms. The van der Waals surface area contributed by atoms with Gasteiger partial charge in [0.25, 0.3) is 0 Å². The summed E-state index contributed by atoms with van der Waals surface area (Å²) >= 11 is 0. The molecule has 0 radical (unpaired) electrons. The van der Waals surface area contributed by atoms with Gasteiger partial charge < -0.3 is 14.0 Å². The van der Waals surface area contributed by atoms with Gasteiger partial charge in [-0.25, -0.2) is 14.4 Å².